The third kappa shape index (κ3) is 8.48. The maximum Gasteiger partial charge on any atom is 0.218 e. The molecule has 0 spiro atoms. The summed E-state index contributed by atoms with van der Waals surface area (Å²) in [5.41, 5.74) is 1.05. The van der Waals surface area contributed by atoms with Crippen LogP contribution in [-0.2, 0) is 16.0 Å². The molecule has 7 nitrogen and oxygen atoms in total. The molecule has 0 amide bonds. The van der Waals surface area contributed by atoms with Crippen LogP contribution in [0.5, 0.6) is 5.88 Å². The van der Waals surface area contributed by atoms with Crippen LogP contribution < -0.4 is 10.1 Å². The Labute approximate surface area is 186 Å². The van der Waals surface area contributed by atoms with E-state index < -0.39 is 0 Å². The summed E-state index contributed by atoms with van der Waals surface area (Å²) in [6.07, 6.45) is 5.03. The van der Waals surface area contributed by atoms with Crippen LogP contribution in [-0.4, -0.2) is 69.5 Å². The number of likely N-dealkylation sites (tertiary alicyclic amines) is 1. The SMILES string of the molecule is CCCCOc1ncccc1CNC(=NC)N1CCC(COCCOC)C1.I. The predicted molar refractivity (Wildman–Crippen MR) is 123 cm³/mol. The molecular weight excluding hydrogens is 471 g/mol. The van der Waals surface area contributed by atoms with E-state index in [1.807, 2.05) is 19.2 Å². The number of nitrogens with zero attached hydrogens (tertiary/aromatic N) is 3. The Morgan fingerprint density at radius 2 is 2.21 bits per heavy atom. The quantitative estimate of drug-likeness (QED) is 0.216. The second kappa shape index (κ2) is 14.8. The monoisotopic (exact) mass is 506 g/mol. The zero-order chi connectivity index (χ0) is 19.3. The van der Waals surface area contributed by atoms with Gasteiger partial charge in [0.05, 0.1) is 26.4 Å². The molecule has 0 bridgehead atoms. The highest BCUT2D eigenvalue weighted by Crippen LogP contribution is 2.18. The van der Waals surface area contributed by atoms with E-state index in [1.54, 1.807) is 13.3 Å². The van der Waals surface area contributed by atoms with Crippen molar-refractivity contribution in [2.75, 3.05) is 53.7 Å². The minimum atomic E-state index is 0. The Hall–Kier alpha value is -1.13. The average molecular weight is 506 g/mol. The number of hydrogen-bond donors (Lipinski definition) is 1. The lowest BCUT2D eigenvalue weighted by molar-refractivity contribution is 0.0536. The highest BCUT2D eigenvalue weighted by atomic mass is 127. The Kier molecular flexibility index (Phi) is 13.2. The number of guanidine groups is 1. The van der Waals surface area contributed by atoms with Crippen molar-refractivity contribution in [1.29, 1.82) is 0 Å². The Bertz CT molecular complexity index is 574. The molecule has 1 atom stereocenters. The Morgan fingerprint density at radius 3 is 2.96 bits per heavy atom. The predicted octanol–water partition coefficient (Wildman–Crippen LogP) is 2.94. The van der Waals surface area contributed by atoms with Gasteiger partial charge in [-0.1, -0.05) is 19.4 Å². The van der Waals surface area contributed by atoms with E-state index in [2.05, 4.69) is 27.1 Å². The molecule has 0 saturated carbocycles. The van der Waals surface area contributed by atoms with E-state index >= 15 is 0 Å². The molecule has 0 aliphatic carbocycles. The maximum absolute atomic E-state index is 5.82. The van der Waals surface area contributed by atoms with E-state index in [4.69, 9.17) is 14.2 Å². The van der Waals surface area contributed by atoms with Crippen molar-refractivity contribution in [3.63, 3.8) is 0 Å². The van der Waals surface area contributed by atoms with Crippen molar-refractivity contribution in [2.45, 2.75) is 32.7 Å². The topological polar surface area (TPSA) is 68.2 Å². The largest absolute Gasteiger partial charge is 0.477 e. The fraction of sp³-hybridized carbons (Fsp3) is 0.700. The van der Waals surface area contributed by atoms with Crippen LogP contribution in [0, 0.1) is 5.92 Å². The van der Waals surface area contributed by atoms with Gasteiger partial charge in [0.25, 0.3) is 0 Å². The van der Waals surface area contributed by atoms with E-state index in [0.29, 0.717) is 38.2 Å². The van der Waals surface area contributed by atoms with Gasteiger partial charge in [-0.2, -0.15) is 0 Å². The molecule has 0 aromatic carbocycles. The molecule has 1 saturated heterocycles. The summed E-state index contributed by atoms with van der Waals surface area (Å²) in [4.78, 5) is 11.1. The minimum absolute atomic E-state index is 0. The highest BCUT2D eigenvalue weighted by Gasteiger charge is 2.25. The Balaban J connectivity index is 0.00000392. The van der Waals surface area contributed by atoms with Crippen LogP contribution >= 0.6 is 24.0 Å². The number of pyridine rings is 1. The van der Waals surface area contributed by atoms with Crippen LogP contribution in [0.25, 0.3) is 0 Å². The second-order valence-corrected chi connectivity index (χ2v) is 6.74. The standard InChI is InChI=1S/C20H34N4O3.HI/c1-4-5-11-27-19-18(7-6-9-22-19)14-23-20(21-2)24-10-8-17(15-24)16-26-13-12-25-3;/h6-7,9,17H,4-5,8,10-16H2,1-3H3,(H,21,23);1H. The summed E-state index contributed by atoms with van der Waals surface area (Å²) in [5.74, 6) is 2.16. The van der Waals surface area contributed by atoms with Crippen molar-refractivity contribution in [1.82, 2.24) is 15.2 Å². The van der Waals surface area contributed by atoms with Gasteiger partial charge in [0.1, 0.15) is 0 Å². The Morgan fingerprint density at radius 1 is 1.36 bits per heavy atom. The van der Waals surface area contributed by atoms with Gasteiger partial charge in [0.2, 0.25) is 5.88 Å². The third-order valence-corrected chi connectivity index (χ3v) is 4.61. The van der Waals surface area contributed by atoms with Crippen LogP contribution in [0.3, 0.4) is 0 Å². The first-order valence-electron chi connectivity index (χ1n) is 9.87. The summed E-state index contributed by atoms with van der Waals surface area (Å²) in [7, 11) is 3.52. The highest BCUT2D eigenvalue weighted by molar-refractivity contribution is 14.0. The number of ether oxygens (including phenoxy) is 3. The molecule has 1 fully saturated rings. The van der Waals surface area contributed by atoms with Crippen molar-refractivity contribution >= 4 is 29.9 Å². The van der Waals surface area contributed by atoms with Crippen LogP contribution in [0.1, 0.15) is 31.7 Å². The number of halogens is 1. The van der Waals surface area contributed by atoms with Crippen LogP contribution in [0.4, 0.5) is 0 Å². The van der Waals surface area contributed by atoms with E-state index in [1.165, 1.54) is 0 Å². The molecule has 28 heavy (non-hydrogen) atoms. The lowest BCUT2D eigenvalue weighted by atomic mass is 10.1. The van der Waals surface area contributed by atoms with Crippen LogP contribution in [0.15, 0.2) is 23.3 Å². The van der Waals surface area contributed by atoms with Gasteiger partial charge < -0.3 is 24.4 Å². The molecule has 1 aliphatic heterocycles. The van der Waals surface area contributed by atoms with Gasteiger partial charge in [0, 0.05) is 51.5 Å². The first-order chi connectivity index (χ1) is 13.3. The normalized spacial score (nSPS) is 16.8. The minimum Gasteiger partial charge on any atom is -0.477 e. The number of nitrogens with one attached hydrogen (secondary N) is 1. The lowest BCUT2D eigenvalue weighted by Crippen LogP contribution is -2.40. The van der Waals surface area contributed by atoms with E-state index in [9.17, 15) is 0 Å². The fourth-order valence-corrected chi connectivity index (χ4v) is 3.06. The summed E-state index contributed by atoms with van der Waals surface area (Å²) in [6, 6.07) is 3.99. The summed E-state index contributed by atoms with van der Waals surface area (Å²) in [5, 5.41) is 3.45. The maximum atomic E-state index is 5.82. The van der Waals surface area contributed by atoms with Gasteiger partial charge in [-0.15, -0.1) is 24.0 Å². The fourth-order valence-electron chi connectivity index (χ4n) is 3.06. The van der Waals surface area contributed by atoms with Gasteiger partial charge in [-0.25, -0.2) is 4.98 Å². The number of rotatable bonds is 11. The molecule has 1 N–H and O–H groups in total. The van der Waals surface area contributed by atoms with Crippen LogP contribution in [0.2, 0.25) is 0 Å². The third-order valence-electron chi connectivity index (χ3n) is 4.61. The molecule has 1 aromatic rings. The average Bonchev–Trinajstić information content (AvgIpc) is 3.16. The zero-order valence-corrected chi connectivity index (χ0v) is 19.7. The number of methoxy groups -OCH3 is 1. The number of aromatic nitrogens is 1. The van der Waals surface area contributed by atoms with E-state index in [-0.39, 0.29) is 24.0 Å². The molecule has 160 valence electrons. The summed E-state index contributed by atoms with van der Waals surface area (Å²) < 4.78 is 16.5. The molecule has 8 heteroatoms. The number of hydrogen-bond acceptors (Lipinski definition) is 5. The number of aliphatic imine (C=N–C) groups is 1. The molecule has 2 heterocycles. The molecule has 1 aliphatic rings. The van der Waals surface area contributed by atoms with Crippen molar-refractivity contribution in [3.05, 3.63) is 23.9 Å². The molecule has 1 unspecified atom stereocenters. The smallest absolute Gasteiger partial charge is 0.218 e. The lowest BCUT2D eigenvalue weighted by Gasteiger charge is -2.22. The van der Waals surface area contributed by atoms with Gasteiger partial charge >= 0.3 is 0 Å². The van der Waals surface area contributed by atoms with Crippen molar-refractivity contribution in [2.24, 2.45) is 10.9 Å². The van der Waals surface area contributed by atoms with Gasteiger partial charge in [-0.3, -0.25) is 4.99 Å². The number of unbranched alkanes of at least 4 members (excludes halogenated alkanes) is 1. The molecule has 0 radical (unpaired) electrons. The first kappa shape index (κ1) is 24.9. The van der Waals surface area contributed by atoms with Crippen molar-refractivity contribution in [3.8, 4) is 5.88 Å². The van der Waals surface area contributed by atoms with Gasteiger partial charge in [0.15, 0.2) is 5.96 Å². The summed E-state index contributed by atoms with van der Waals surface area (Å²) in [6.45, 7) is 7.52. The molecule has 1 aromatic heterocycles. The second-order valence-electron chi connectivity index (χ2n) is 6.74. The molecular formula is C20H35IN4O3. The van der Waals surface area contributed by atoms with E-state index in [0.717, 1.165) is 50.5 Å². The van der Waals surface area contributed by atoms with Crippen molar-refractivity contribution < 1.29 is 14.2 Å². The first-order valence-corrected chi connectivity index (χ1v) is 9.87. The van der Waals surface area contributed by atoms with Gasteiger partial charge in [-0.05, 0) is 18.9 Å². The molecule has 2 rings (SSSR count). The summed E-state index contributed by atoms with van der Waals surface area (Å²) >= 11 is 0. The zero-order valence-electron chi connectivity index (χ0n) is 17.4.